The number of amides is 1. The van der Waals surface area contributed by atoms with Gasteiger partial charge in [-0.1, -0.05) is 35.9 Å². The summed E-state index contributed by atoms with van der Waals surface area (Å²) in [7, 11) is 0. The van der Waals surface area contributed by atoms with E-state index < -0.39 is 6.04 Å². The number of carbonyl (C=O) groups excluding carboxylic acids is 1. The fourth-order valence-electron chi connectivity index (χ4n) is 4.63. The molecule has 0 aliphatic carbocycles. The highest BCUT2D eigenvalue weighted by atomic mass is 35.5. The number of ether oxygens (including phenoxy) is 1. The highest BCUT2D eigenvalue weighted by Crippen LogP contribution is 2.35. The van der Waals surface area contributed by atoms with Crippen LogP contribution in [0.3, 0.4) is 0 Å². The second-order valence-corrected chi connectivity index (χ2v) is 8.91. The summed E-state index contributed by atoms with van der Waals surface area (Å²) in [6.45, 7) is 1.65. The number of nitrogens with two attached hydrogens (primary N) is 1. The molecule has 0 spiro atoms. The van der Waals surface area contributed by atoms with E-state index >= 15 is 0 Å². The normalized spacial score (nSPS) is 17.3. The number of nitrogens with zero attached hydrogens (tertiary/aromatic N) is 3. The van der Waals surface area contributed by atoms with Gasteiger partial charge in [0, 0.05) is 41.8 Å². The molecule has 1 fully saturated rings. The Morgan fingerprint density at radius 2 is 2.03 bits per heavy atom. The van der Waals surface area contributed by atoms with Crippen molar-refractivity contribution in [2.45, 2.75) is 31.3 Å². The van der Waals surface area contributed by atoms with E-state index in [-0.39, 0.29) is 12.5 Å². The Morgan fingerprint density at radius 3 is 2.79 bits per heavy atom. The van der Waals surface area contributed by atoms with Crippen LogP contribution in [0, 0.1) is 0 Å². The number of anilines is 1. The number of aromatic nitrogens is 2. The first-order chi connectivity index (χ1) is 16.0. The van der Waals surface area contributed by atoms with Gasteiger partial charge in [0.05, 0.1) is 24.5 Å². The van der Waals surface area contributed by atoms with Crippen LogP contribution in [-0.2, 0) is 11.3 Å². The number of fused-ring (bicyclic) bond motifs is 1. The molecule has 2 aromatic carbocycles. The first-order valence-corrected chi connectivity index (χ1v) is 11.4. The van der Waals surface area contributed by atoms with Crippen LogP contribution in [0.1, 0.15) is 52.0 Å². The van der Waals surface area contributed by atoms with E-state index in [1.807, 2.05) is 30.3 Å². The van der Waals surface area contributed by atoms with Crippen LogP contribution in [0.2, 0.25) is 5.02 Å². The number of hydrogen-bond donors (Lipinski definition) is 2. The van der Waals surface area contributed by atoms with Crippen LogP contribution < -0.4 is 5.73 Å². The third-order valence-corrected chi connectivity index (χ3v) is 6.69. The van der Waals surface area contributed by atoms with E-state index in [2.05, 4.69) is 4.98 Å². The van der Waals surface area contributed by atoms with Crippen molar-refractivity contribution in [3.05, 3.63) is 76.1 Å². The Hall–Kier alpha value is -3.00. The lowest BCUT2D eigenvalue weighted by molar-refractivity contribution is 0.0615. The largest absolute Gasteiger partial charge is 0.394 e. The van der Waals surface area contributed by atoms with E-state index in [0.29, 0.717) is 47.8 Å². The van der Waals surface area contributed by atoms with Crippen molar-refractivity contribution >= 4 is 23.3 Å². The van der Waals surface area contributed by atoms with Crippen LogP contribution in [0.15, 0.2) is 48.7 Å². The third-order valence-electron chi connectivity index (χ3n) is 6.46. The van der Waals surface area contributed by atoms with Gasteiger partial charge in [-0.25, -0.2) is 9.97 Å². The number of hydrogen-bond acceptors (Lipinski definition) is 6. The van der Waals surface area contributed by atoms with Crippen molar-refractivity contribution in [3.63, 3.8) is 0 Å². The highest BCUT2D eigenvalue weighted by Gasteiger charge is 2.34. The molecule has 170 valence electrons. The van der Waals surface area contributed by atoms with Crippen molar-refractivity contribution in [2.24, 2.45) is 0 Å². The maximum absolute atomic E-state index is 13.3. The average Bonchev–Trinajstić information content (AvgIpc) is 3.16. The van der Waals surface area contributed by atoms with Gasteiger partial charge in [0.25, 0.3) is 5.91 Å². The molecule has 1 saturated heterocycles. The SMILES string of the molecule is Nc1ncc(C2CCOCC2)nc1-c1ccc2c(c1)C(=O)N(C(CO)c1cccc(Cl)c1)C2. The lowest BCUT2D eigenvalue weighted by Gasteiger charge is -2.26. The maximum Gasteiger partial charge on any atom is 0.255 e. The molecule has 0 saturated carbocycles. The number of rotatable bonds is 5. The second kappa shape index (κ2) is 9.09. The molecular weight excluding hydrogens is 440 g/mol. The minimum atomic E-state index is -0.478. The van der Waals surface area contributed by atoms with Gasteiger partial charge in [-0.15, -0.1) is 0 Å². The van der Waals surface area contributed by atoms with E-state index in [1.54, 1.807) is 23.2 Å². The summed E-state index contributed by atoms with van der Waals surface area (Å²) in [5.74, 6) is 0.485. The summed E-state index contributed by atoms with van der Waals surface area (Å²) in [5, 5.41) is 10.6. The molecule has 0 radical (unpaired) electrons. The molecule has 1 amide bonds. The number of carbonyl (C=O) groups is 1. The first kappa shape index (κ1) is 21.8. The lowest BCUT2D eigenvalue weighted by atomic mass is 9.96. The molecule has 7 nitrogen and oxygen atoms in total. The molecule has 1 unspecified atom stereocenters. The molecule has 2 aliphatic heterocycles. The number of aliphatic hydroxyl groups is 1. The van der Waals surface area contributed by atoms with Gasteiger partial charge in [0.2, 0.25) is 0 Å². The van der Waals surface area contributed by atoms with Crippen LogP contribution in [0.4, 0.5) is 5.82 Å². The summed E-state index contributed by atoms with van der Waals surface area (Å²) >= 11 is 6.13. The van der Waals surface area contributed by atoms with Gasteiger partial charge in [-0.2, -0.15) is 0 Å². The third kappa shape index (κ3) is 4.19. The van der Waals surface area contributed by atoms with E-state index in [0.717, 1.165) is 35.2 Å². The zero-order valence-electron chi connectivity index (χ0n) is 18.1. The molecule has 3 N–H and O–H groups in total. The van der Waals surface area contributed by atoms with Crippen molar-refractivity contribution in [3.8, 4) is 11.3 Å². The molecule has 0 bridgehead atoms. The Morgan fingerprint density at radius 1 is 1.21 bits per heavy atom. The minimum Gasteiger partial charge on any atom is -0.394 e. The topological polar surface area (TPSA) is 102 Å². The number of benzene rings is 2. The van der Waals surface area contributed by atoms with Gasteiger partial charge in [0.1, 0.15) is 11.5 Å². The van der Waals surface area contributed by atoms with Crippen molar-refractivity contribution in [1.82, 2.24) is 14.9 Å². The Kier molecular flexibility index (Phi) is 6.01. The molecule has 1 atom stereocenters. The fraction of sp³-hybridized carbons (Fsp3) is 0.320. The lowest BCUT2D eigenvalue weighted by Crippen LogP contribution is -2.31. The van der Waals surface area contributed by atoms with E-state index in [9.17, 15) is 9.90 Å². The zero-order chi connectivity index (χ0) is 22.9. The van der Waals surface area contributed by atoms with Crippen LogP contribution in [0.25, 0.3) is 11.3 Å². The molecule has 5 rings (SSSR count). The van der Waals surface area contributed by atoms with Crippen molar-refractivity contribution in [2.75, 3.05) is 25.6 Å². The van der Waals surface area contributed by atoms with E-state index in [1.165, 1.54) is 0 Å². The van der Waals surface area contributed by atoms with Crippen molar-refractivity contribution in [1.29, 1.82) is 0 Å². The Bertz CT molecular complexity index is 1200. The number of nitrogen functional groups attached to an aromatic ring is 1. The predicted molar refractivity (Wildman–Crippen MR) is 126 cm³/mol. The zero-order valence-corrected chi connectivity index (χ0v) is 18.8. The molecule has 3 heterocycles. The van der Waals surface area contributed by atoms with Crippen molar-refractivity contribution < 1.29 is 14.6 Å². The second-order valence-electron chi connectivity index (χ2n) is 8.47. The quantitative estimate of drug-likeness (QED) is 0.592. The summed E-state index contributed by atoms with van der Waals surface area (Å²) in [6, 6.07) is 12.4. The van der Waals surface area contributed by atoms with Gasteiger partial charge in [-0.05, 0) is 42.2 Å². The van der Waals surface area contributed by atoms with Crippen LogP contribution in [-0.4, -0.2) is 45.7 Å². The first-order valence-electron chi connectivity index (χ1n) is 11.1. The minimum absolute atomic E-state index is 0.141. The van der Waals surface area contributed by atoms with E-state index in [4.69, 9.17) is 27.1 Å². The summed E-state index contributed by atoms with van der Waals surface area (Å²) in [6.07, 6.45) is 3.55. The van der Waals surface area contributed by atoms with Crippen LogP contribution in [0.5, 0.6) is 0 Å². The summed E-state index contributed by atoms with van der Waals surface area (Å²) in [5.41, 5.74) is 10.7. The van der Waals surface area contributed by atoms with Gasteiger partial charge >= 0.3 is 0 Å². The van der Waals surface area contributed by atoms with Crippen LogP contribution >= 0.6 is 11.6 Å². The smallest absolute Gasteiger partial charge is 0.255 e. The van der Waals surface area contributed by atoms with Gasteiger partial charge in [0.15, 0.2) is 0 Å². The molecule has 1 aromatic heterocycles. The van der Waals surface area contributed by atoms with Gasteiger partial charge in [-0.3, -0.25) is 4.79 Å². The Labute approximate surface area is 197 Å². The number of halogens is 1. The summed E-state index contributed by atoms with van der Waals surface area (Å²) < 4.78 is 5.46. The molecular formula is C25H25ClN4O3. The molecule has 33 heavy (non-hydrogen) atoms. The molecule has 8 heteroatoms. The predicted octanol–water partition coefficient (Wildman–Crippen LogP) is 3.96. The molecule has 3 aromatic rings. The molecule has 2 aliphatic rings. The van der Waals surface area contributed by atoms with Gasteiger partial charge < -0.3 is 20.5 Å². The maximum atomic E-state index is 13.3. The fourth-order valence-corrected chi connectivity index (χ4v) is 4.83. The Balaban J connectivity index is 1.45. The standard InChI is InChI=1S/C25H25ClN4O3/c26-19-3-1-2-16(10-19)22(14-31)30-13-18-5-4-17(11-20(18)25(30)32)23-24(27)28-12-21(29-23)15-6-8-33-9-7-15/h1-5,10-12,15,22,31H,6-9,13-14H2,(H2,27,28). The number of aliphatic hydroxyl groups excluding tert-OH is 1. The average molecular weight is 465 g/mol. The monoisotopic (exact) mass is 464 g/mol. The highest BCUT2D eigenvalue weighted by molar-refractivity contribution is 6.30. The summed E-state index contributed by atoms with van der Waals surface area (Å²) in [4.78, 5) is 24.2.